The van der Waals surface area contributed by atoms with Gasteiger partial charge >= 0.3 is 18.9 Å². The van der Waals surface area contributed by atoms with Crippen LogP contribution in [0.3, 0.4) is 0 Å². The second-order valence-corrected chi connectivity index (χ2v) is 31.5. The minimum atomic E-state index is -3.67. The summed E-state index contributed by atoms with van der Waals surface area (Å²) in [6, 6.07) is 6.63. The Bertz CT molecular complexity index is 2690. The number of aliphatic hydroxyl groups is 2. The standard InChI is InChI=1S/C16H22O3S.C16H28O2.C11H20OS.C11H20O.C9H17N.C9H16O.C9H16S.C7H13O2.C4H8O.BrH.Li/c1-13(2)6-5-7-15(4)12-19-20(17,18)16-10-8-14(3)9-11-16;1-14(2)8-6-9-15(3)10-7-13-18-16-11-4-5-12-17-16;1-10(2)6-5-7-11(3)8-12-9-13-4;1-10(2)6-4-7-11(3)8-5-9-12;3*1-8(2)5-4-6-9(3)7-10;1-2-8-7-5-3-4-6-9-7;1-2-4-5-3-1;;/h7-11H,1,5-6,12H2,2-4H3;9,16H,1,4-8,10-13H2,2-3H3;7H,1,5-6,8-9H2,2-4H3;7,12H,1,4-6,8-9H2,2-3H3;6H,1,4-5,7,10H2,2-3H3;2*6,10H,1,4-5,7H2,2-3H3;7H,1-6H2;1-4H2;1H;/q;;;;;;;-1;;;+1/p-1/b15-7+;15-9+;2*11-7+;3*9-6+;;;;. The van der Waals surface area contributed by atoms with Crippen LogP contribution in [0.1, 0.15) is 269 Å². The molecule has 17 heteroatoms. The van der Waals surface area contributed by atoms with Crippen molar-refractivity contribution < 1.29 is 87.1 Å². The van der Waals surface area contributed by atoms with Crippen LogP contribution in [0.5, 0.6) is 0 Å². The van der Waals surface area contributed by atoms with Crippen molar-refractivity contribution in [3.05, 3.63) is 203 Å². The molecule has 2 atom stereocenters. The van der Waals surface area contributed by atoms with Crippen molar-refractivity contribution in [2.75, 3.05) is 90.6 Å². The zero-order valence-corrected chi connectivity index (χ0v) is 76.6. The number of hydrogen-bond donors (Lipinski definition) is 4. The van der Waals surface area contributed by atoms with Gasteiger partial charge in [-0.25, -0.2) is 0 Å². The fraction of sp³-hybridized carbons (Fsp3) is 0.620. The molecule has 0 aromatic heterocycles. The molecule has 626 valence electrons. The van der Waals surface area contributed by atoms with Crippen LogP contribution in [0.25, 0.3) is 0 Å². The first kappa shape index (κ1) is 119. The van der Waals surface area contributed by atoms with Crippen LogP contribution < -0.4 is 41.6 Å². The molecule has 2 unspecified atom stereocenters. The average molecular weight is 1640 g/mol. The normalized spacial score (nSPS) is 15.1. The van der Waals surface area contributed by atoms with E-state index in [0.29, 0.717) is 19.8 Å². The Balaban J connectivity index is -0.000000219. The molecule has 4 rings (SSSR count). The van der Waals surface area contributed by atoms with Gasteiger partial charge in [0.1, 0.15) is 0 Å². The third kappa shape index (κ3) is 97.2. The summed E-state index contributed by atoms with van der Waals surface area (Å²) in [6.45, 7) is 68.1. The van der Waals surface area contributed by atoms with Crippen LogP contribution in [0.2, 0.25) is 0 Å². The van der Waals surface area contributed by atoms with E-state index in [4.69, 9.17) is 48.6 Å². The first-order valence-corrected chi connectivity index (χ1v) is 42.7. The maximum absolute atomic E-state index is 12.0. The third-order valence-electron chi connectivity index (χ3n) is 15.7. The van der Waals surface area contributed by atoms with Crippen LogP contribution in [-0.2, 0) is 42.7 Å². The zero-order valence-electron chi connectivity index (χ0n) is 72.5. The Morgan fingerprint density at radius 1 is 0.523 bits per heavy atom. The number of rotatable bonds is 42. The van der Waals surface area contributed by atoms with Crippen LogP contribution >= 0.6 is 24.4 Å². The number of aliphatic hydroxyl groups excluding tert-OH is 2. The quantitative estimate of drug-likeness (QED) is 0.00930. The molecule has 3 aliphatic rings. The maximum Gasteiger partial charge on any atom is 1.00 e. The number of hydrogen-bond acceptors (Lipinski definition) is 14. The van der Waals surface area contributed by atoms with E-state index in [1.165, 1.54) is 99.8 Å². The van der Waals surface area contributed by atoms with E-state index in [0.717, 1.165) is 202 Å². The van der Waals surface area contributed by atoms with E-state index >= 15 is 0 Å². The van der Waals surface area contributed by atoms with E-state index < -0.39 is 10.1 Å². The van der Waals surface area contributed by atoms with Crippen molar-refractivity contribution in [3.63, 3.8) is 0 Å². The van der Waals surface area contributed by atoms with Crippen molar-refractivity contribution >= 4 is 34.5 Å². The number of benzene rings is 1. The number of nitrogens with two attached hydrogens (primary N) is 1. The molecule has 109 heavy (non-hydrogen) atoms. The Morgan fingerprint density at radius 3 is 1.21 bits per heavy atom. The van der Waals surface area contributed by atoms with Crippen molar-refractivity contribution in [2.45, 2.75) is 288 Å². The predicted octanol–water partition coefficient (Wildman–Crippen LogP) is 19.2. The number of thioether (sulfide) groups is 1. The van der Waals surface area contributed by atoms with E-state index in [2.05, 4.69) is 164 Å². The zero-order chi connectivity index (χ0) is 81.9. The average Bonchev–Trinajstić information content (AvgIpc) is 1.06. The first-order chi connectivity index (χ1) is 50.7. The first-order valence-electron chi connectivity index (χ1n) is 39.2. The molecule has 3 aliphatic heterocycles. The van der Waals surface area contributed by atoms with Crippen molar-refractivity contribution in [2.24, 2.45) is 5.73 Å². The summed E-state index contributed by atoms with van der Waals surface area (Å²) in [6.07, 6.45) is 45.7. The number of ether oxygens (including phenoxy) is 6. The van der Waals surface area contributed by atoms with Crippen LogP contribution in [0, 0.1) is 13.8 Å². The van der Waals surface area contributed by atoms with E-state index in [1.807, 2.05) is 53.9 Å². The summed E-state index contributed by atoms with van der Waals surface area (Å²) < 4.78 is 61.0. The van der Waals surface area contributed by atoms with Crippen LogP contribution in [0.4, 0.5) is 0 Å². The molecule has 0 spiro atoms. The molecule has 3 fully saturated rings. The van der Waals surface area contributed by atoms with Gasteiger partial charge in [0.15, 0.2) is 12.6 Å². The molecule has 1 aromatic rings. The molecule has 1 aromatic carbocycles. The molecule has 0 amide bonds. The molecule has 0 saturated carbocycles. The fourth-order valence-electron chi connectivity index (χ4n) is 8.97. The fourth-order valence-corrected chi connectivity index (χ4v) is 10.3. The molecule has 12 nitrogen and oxygen atoms in total. The van der Waals surface area contributed by atoms with Gasteiger partial charge in [-0.05, 0) is 289 Å². The molecule has 3 heterocycles. The third-order valence-corrected chi connectivity index (χ3v) is 17.9. The van der Waals surface area contributed by atoms with Gasteiger partial charge in [-0.2, -0.15) is 21.0 Å². The number of thiol groups is 1. The van der Waals surface area contributed by atoms with Crippen molar-refractivity contribution in [3.8, 4) is 0 Å². The van der Waals surface area contributed by atoms with Gasteiger partial charge < -0.3 is 68.3 Å². The molecule has 0 radical (unpaired) electrons. The van der Waals surface area contributed by atoms with Gasteiger partial charge in [-0.15, -0.1) is 57.8 Å². The Morgan fingerprint density at radius 2 is 0.881 bits per heavy atom. The Labute approximate surface area is 704 Å². The summed E-state index contributed by atoms with van der Waals surface area (Å²) in [5.41, 5.74) is 23.7. The van der Waals surface area contributed by atoms with E-state index in [-0.39, 0.29) is 66.5 Å². The molecular weight excluding hydrogens is 1480 g/mol. The van der Waals surface area contributed by atoms with Gasteiger partial charge in [-0.3, -0.25) is 4.18 Å². The van der Waals surface area contributed by atoms with Gasteiger partial charge in [0.25, 0.3) is 10.1 Å². The van der Waals surface area contributed by atoms with E-state index in [9.17, 15) is 8.42 Å². The number of aryl methyl sites for hydroxylation is 1. The Kier molecular flexibility index (Phi) is 93.8. The minimum absolute atomic E-state index is 0. The monoisotopic (exact) mass is 1640 g/mol. The van der Waals surface area contributed by atoms with E-state index in [1.54, 1.807) is 36.0 Å². The van der Waals surface area contributed by atoms with Gasteiger partial charge in [-0.1, -0.05) is 145 Å². The Hall–Kier alpha value is -3.09. The summed E-state index contributed by atoms with van der Waals surface area (Å²) in [5.74, 6) is 1.65. The molecule has 0 bridgehead atoms. The number of allylic oxidation sites excluding steroid dienone is 16. The van der Waals surface area contributed by atoms with Crippen molar-refractivity contribution in [1.82, 2.24) is 0 Å². The molecule has 3 saturated heterocycles. The molecule has 0 aliphatic carbocycles. The van der Waals surface area contributed by atoms with Crippen LogP contribution in [0.15, 0.2) is 196 Å². The molecular formula is C92H160BrLiNO11S3-. The van der Waals surface area contributed by atoms with Crippen LogP contribution in [-0.4, -0.2) is 122 Å². The summed E-state index contributed by atoms with van der Waals surface area (Å²) in [5, 5.41) is 17.2. The van der Waals surface area contributed by atoms with Gasteiger partial charge in [0, 0.05) is 45.3 Å². The summed E-state index contributed by atoms with van der Waals surface area (Å²) >= 11 is 5.86. The topological polar surface area (TPSA) is 165 Å². The van der Waals surface area contributed by atoms with Gasteiger partial charge in [0.05, 0.1) is 37.3 Å². The number of halogens is 1. The smallest absolute Gasteiger partial charge is 1.00 e. The molecule has 4 N–H and O–H groups in total. The largest absolute Gasteiger partial charge is 1.00 e. The minimum Gasteiger partial charge on any atom is -1.00 e. The predicted molar refractivity (Wildman–Crippen MR) is 473 cm³/mol. The van der Waals surface area contributed by atoms with Gasteiger partial charge in [0.2, 0.25) is 0 Å². The second kappa shape index (κ2) is 85.8. The SMILES string of the molecule is C1CCOC1.C=C(C)CC/C=C(\C)CCCO.C=C(C)CC/C=C(\C)CCCOC1CCCCO1.C=C(C)CC/C=C(\C)CN.C=C(C)CC/C=C(\C)CO.C=C(C)CC/C=C(\C)COCSC.C=C(C)CC/C=C(\C)COS(=O)(=O)c1ccc(C)cc1.C=C(C)CC/C=C(\C)CS.[Br-].[CH2-]COC1CCCCO1.[Li+]. The van der Waals surface area contributed by atoms with Crippen molar-refractivity contribution in [1.29, 1.82) is 0 Å². The summed E-state index contributed by atoms with van der Waals surface area (Å²) in [7, 11) is -3.67. The summed E-state index contributed by atoms with van der Waals surface area (Å²) in [4.78, 5) is 0.192. The maximum atomic E-state index is 12.0. The second-order valence-electron chi connectivity index (χ2n) is 28.7.